The first-order valence-electron chi connectivity index (χ1n) is 6.58. The Hall–Kier alpha value is -0.900. The molecule has 0 bridgehead atoms. The quantitative estimate of drug-likeness (QED) is 0.809. The predicted molar refractivity (Wildman–Crippen MR) is 64.9 cm³/mol. The van der Waals surface area contributed by atoms with E-state index in [-0.39, 0.29) is 10.8 Å². The summed E-state index contributed by atoms with van der Waals surface area (Å²) in [6.07, 6.45) is 3.77. The third-order valence-electron chi connectivity index (χ3n) is 4.31. The molecular formula is C13H21N3O. The zero-order valence-electron chi connectivity index (χ0n) is 10.9. The highest BCUT2D eigenvalue weighted by Crippen LogP contribution is 2.47. The van der Waals surface area contributed by atoms with Crippen molar-refractivity contribution in [2.45, 2.75) is 50.9 Å². The van der Waals surface area contributed by atoms with Crippen LogP contribution in [0.3, 0.4) is 0 Å². The van der Waals surface area contributed by atoms with Gasteiger partial charge in [0.2, 0.25) is 5.89 Å². The van der Waals surface area contributed by atoms with E-state index in [9.17, 15) is 0 Å². The highest BCUT2D eigenvalue weighted by atomic mass is 16.5. The Balaban J connectivity index is 1.96. The lowest BCUT2D eigenvalue weighted by molar-refractivity contribution is 0.263. The fourth-order valence-corrected chi connectivity index (χ4v) is 3.23. The molecule has 2 atom stereocenters. The summed E-state index contributed by atoms with van der Waals surface area (Å²) in [6, 6.07) is 0. The molecule has 1 aromatic heterocycles. The van der Waals surface area contributed by atoms with Crippen LogP contribution in [-0.4, -0.2) is 23.2 Å². The Kier molecular flexibility index (Phi) is 2.34. The van der Waals surface area contributed by atoms with E-state index in [2.05, 4.69) is 36.2 Å². The van der Waals surface area contributed by atoms with Gasteiger partial charge in [0, 0.05) is 12.0 Å². The summed E-state index contributed by atoms with van der Waals surface area (Å²) < 4.78 is 5.58. The molecule has 1 aliphatic heterocycles. The molecule has 0 amide bonds. The van der Waals surface area contributed by atoms with Crippen molar-refractivity contribution in [3.8, 4) is 0 Å². The summed E-state index contributed by atoms with van der Waals surface area (Å²) in [5.41, 5.74) is 0.106. The van der Waals surface area contributed by atoms with Gasteiger partial charge in [-0.2, -0.15) is 4.98 Å². The average molecular weight is 235 g/mol. The van der Waals surface area contributed by atoms with E-state index < -0.39 is 0 Å². The Morgan fingerprint density at radius 1 is 1.41 bits per heavy atom. The van der Waals surface area contributed by atoms with Gasteiger partial charge in [-0.15, -0.1) is 0 Å². The fraction of sp³-hybridized carbons (Fsp3) is 0.846. The second-order valence-electron chi connectivity index (χ2n) is 6.55. The van der Waals surface area contributed by atoms with Crippen LogP contribution in [0.5, 0.6) is 0 Å². The van der Waals surface area contributed by atoms with Crippen LogP contribution in [0.15, 0.2) is 4.52 Å². The highest BCUT2D eigenvalue weighted by Gasteiger charge is 2.51. The van der Waals surface area contributed by atoms with Gasteiger partial charge in [0.05, 0.1) is 5.41 Å². The van der Waals surface area contributed by atoms with Crippen molar-refractivity contribution < 1.29 is 4.52 Å². The monoisotopic (exact) mass is 235 g/mol. The van der Waals surface area contributed by atoms with Gasteiger partial charge >= 0.3 is 0 Å². The zero-order chi connectivity index (χ0) is 12.1. The van der Waals surface area contributed by atoms with Crippen molar-refractivity contribution in [1.82, 2.24) is 15.5 Å². The molecule has 2 aliphatic rings. The maximum Gasteiger partial charge on any atom is 0.234 e. The van der Waals surface area contributed by atoms with E-state index in [1.165, 1.54) is 19.3 Å². The first-order valence-corrected chi connectivity index (χ1v) is 6.58. The molecule has 1 N–H and O–H groups in total. The van der Waals surface area contributed by atoms with Crippen molar-refractivity contribution in [2.75, 3.05) is 13.1 Å². The molecule has 4 nitrogen and oxygen atoms in total. The third kappa shape index (κ3) is 1.61. The molecule has 2 heterocycles. The Labute approximate surface area is 102 Å². The fourth-order valence-electron chi connectivity index (χ4n) is 3.23. The third-order valence-corrected chi connectivity index (χ3v) is 4.31. The lowest BCUT2D eigenvalue weighted by Gasteiger charge is -2.23. The van der Waals surface area contributed by atoms with Crippen molar-refractivity contribution >= 4 is 0 Å². The molecule has 1 aliphatic carbocycles. The smallest absolute Gasteiger partial charge is 0.234 e. The topological polar surface area (TPSA) is 51.0 Å². The largest absolute Gasteiger partial charge is 0.339 e. The second kappa shape index (κ2) is 3.55. The predicted octanol–water partition coefficient (Wildman–Crippen LogP) is 2.01. The van der Waals surface area contributed by atoms with Crippen LogP contribution < -0.4 is 5.32 Å². The summed E-state index contributed by atoms with van der Waals surface area (Å²) in [7, 11) is 0. The number of hydrogen-bond donors (Lipinski definition) is 1. The standard InChI is InChI=1S/C13H21N3O/c1-12(2,3)10-15-11(17-16-10)13-6-4-5-9(13)7-14-8-13/h9,14H,4-8H2,1-3H3/t9-,13-/m1/s1. The maximum atomic E-state index is 5.58. The van der Waals surface area contributed by atoms with E-state index in [0.29, 0.717) is 5.92 Å². The molecule has 0 unspecified atom stereocenters. The first-order chi connectivity index (χ1) is 8.02. The Bertz CT molecular complexity index is 409. The minimum atomic E-state index is -0.0292. The van der Waals surface area contributed by atoms with Crippen molar-refractivity contribution in [3.05, 3.63) is 11.7 Å². The molecular weight excluding hydrogens is 214 g/mol. The van der Waals surface area contributed by atoms with Gasteiger partial charge in [0.1, 0.15) is 0 Å². The first kappa shape index (κ1) is 11.2. The van der Waals surface area contributed by atoms with Crippen molar-refractivity contribution in [1.29, 1.82) is 0 Å². The van der Waals surface area contributed by atoms with Crippen LogP contribution in [0, 0.1) is 5.92 Å². The lowest BCUT2D eigenvalue weighted by Crippen LogP contribution is -2.31. The number of nitrogens with one attached hydrogen (secondary N) is 1. The SMILES string of the molecule is CC(C)(C)c1noc([C@@]23CCC[C@@H]2CNC3)n1. The summed E-state index contributed by atoms with van der Waals surface area (Å²) >= 11 is 0. The van der Waals surface area contributed by atoms with Gasteiger partial charge in [-0.1, -0.05) is 32.3 Å². The van der Waals surface area contributed by atoms with Gasteiger partial charge < -0.3 is 9.84 Å². The van der Waals surface area contributed by atoms with Crippen LogP contribution in [0.4, 0.5) is 0 Å². The minimum absolute atomic E-state index is 0.0292. The number of nitrogens with zero attached hydrogens (tertiary/aromatic N) is 2. The normalized spacial score (nSPS) is 33.0. The number of hydrogen-bond acceptors (Lipinski definition) is 4. The Morgan fingerprint density at radius 2 is 2.24 bits per heavy atom. The summed E-state index contributed by atoms with van der Waals surface area (Å²) in [5, 5.41) is 7.66. The molecule has 1 aromatic rings. The molecule has 0 spiro atoms. The molecule has 17 heavy (non-hydrogen) atoms. The molecule has 1 saturated heterocycles. The van der Waals surface area contributed by atoms with Crippen molar-refractivity contribution in [3.63, 3.8) is 0 Å². The van der Waals surface area contributed by atoms with Gasteiger partial charge in [0.25, 0.3) is 0 Å². The summed E-state index contributed by atoms with van der Waals surface area (Å²) in [6.45, 7) is 8.48. The van der Waals surface area contributed by atoms with Crippen LogP contribution in [0.2, 0.25) is 0 Å². The summed E-state index contributed by atoms with van der Waals surface area (Å²) in [5.74, 6) is 2.39. The van der Waals surface area contributed by atoms with Crippen LogP contribution in [-0.2, 0) is 10.8 Å². The molecule has 4 heteroatoms. The van der Waals surface area contributed by atoms with Crippen LogP contribution >= 0.6 is 0 Å². The van der Waals surface area contributed by atoms with Crippen molar-refractivity contribution in [2.24, 2.45) is 5.92 Å². The number of aromatic nitrogens is 2. The number of rotatable bonds is 1. The molecule has 3 rings (SSSR count). The molecule has 1 saturated carbocycles. The van der Waals surface area contributed by atoms with E-state index in [1.54, 1.807) is 0 Å². The van der Waals surface area contributed by atoms with E-state index in [1.807, 2.05) is 0 Å². The van der Waals surface area contributed by atoms with Gasteiger partial charge in [-0.25, -0.2) is 0 Å². The summed E-state index contributed by atoms with van der Waals surface area (Å²) in [4.78, 5) is 4.68. The van der Waals surface area contributed by atoms with E-state index in [0.717, 1.165) is 24.8 Å². The van der Waals surface area contributed by atoms with Crippen LogP contribution in [0.25, 0.3) is 0 Å². The van der Waals surface area contributed by atoms with Crippen LogP contribution in [0.1, 0.15) is 51.7 Å². The molecule has 94 valence electrons. The van der Waals surface area contributed by atoms with E-state index in [4.69, 9.17) is 4.52 Å². The lowest BCUT2D eigenvalue weighted by atomic mass is 9.80. The maximum absolute atomic E-state index is 5.58. The number of fused-ring (bicyclic) bond motifs is 1. The second-order valence-corrected chi connectivity index (χ2v) is 6.55. The molecule has 0 aromatic carbocycles. The Morgan fingerprint density at radius 3 is 2.94 bits per heavy atom. The minimum Gasteiger partial charge on any atom is -0.339 e. The molecule has 2 fully saturated rings. The van der Waals surface area contributed by atoms with Gasteiger partial charge in [0.15, 0.2) is 5.82 Å². The zero-order valence-corrected chi connectivity index (χ0v) is 10.9. The van der Waals surface area contributed by atoms with E-state index >= 15 is 0 Å². The highest BCUT2D eigenvalue weighted by molar-refractivity contribution is 5.17. The molecule has 0 radical (unpaired) electrons. The van der Waals surface area contributed by atoms with Gasteiger partial charge in [-0.3, -0.25) is 0 Å². The average Bonchev–Trinajstić information content (AvgIpc) is 2.90. The van der Waals surface area contributed by atoms with Gasteiger partial charge in [-0.05, 0) is 25.3 Å².